The van der Waals surface area contributed by atoms with E-state index in [2.05, 4.69) is 20.7 Å². The number of hydrogen-bond donors (Lipinski definition) is 3. The lowest BCUT2D eigenvalue weighted by atomic mass is 10.0. The van der Waals surface area contributed by atoms with Crippen molar-refractivity contribution in [3.05, 3.63) is 88.6 Å². The molecule has 182 valence electrons. The molecule has 0 saturated carbocycles. The summed E-state index contributed by atoms with van der Waals surface area (Å²) in [5, 5.41) is 18.7. The first-order valence-electron chi connectivity index (χ1n) is 11.0. The van der Waals surface area contributed by atoms with Gasteiger partial charge >= 0.3 is 0 Å². The summed E-state index contributed by atoms with van der Waals surface area (Å²) < 4.78 is 20.7. The van der Waals surface area contributed by atoms with E-state index in [4.69, 9.17) is 4.74 Å². The maximum absolute atomic E-state index is 14.3. The Morgan fingerprint density at radius 3 is 2.56 bits per heavy atom. The molecule has 1 aliphatic rings. The first kappa shape index (κ1) is 23.0. The second-order valence-electron chi connectivity index (χ2n) is 8.23. The summed E-state index contributed by atoms with van der Waals surface area (Å²) in [4.78, 5) is 41.4. The van der Waals surface area contributed by atoms with Crippen LogP contribution in [0.5, 0.6) is 11.5 Å². The molecule has 11 heteroatoms. The van der Waals surface area contributed by atoms with Crippen molar-refractivity contribution in [1.29, 1.82) is 0 Å². The largest absolute Gasteiger partial charge is 0.508 e. The van der Waals surface area contributed by atoms with Crippen LogP contribution >= 0.6 is 0 Å². The van der Waals surface area contributed by atoms with Crippen LogP contribution in [-0.4, -0.2) is 43.9 Å². The van der Waals surface area contributed by atoms with Crippen LogP contribution in [0.15, 0.2) is 54.7 Å². The number of aromatic hydroxyl groups is 1. The molecule has 36 heavy (non-hydrogen) atoms. The van der Waals surface area contributed by atoms with E-state index in [-0.39, 0.29) is 54.7 Å². The molecule has 10 nitrogen and oxygen atoms in total. The van der Waals surface area contributed by atoms with Gasteiger partial charge in [-0.2, -0.15) is 5.10 Å². The molecule has 2 amide bonds. The average molecular weight is 489 g/mol. The molecular weight excluding hydrogens is 469 g/mol. The highest BCUT2D eigenvalue weighted by atomic mass is 19.1. The summed E-state index contributed by atoms with van der Waals surface area (Å²) in [6.45, 7) is 0.309. The zero-order valence-corrected chi connectivity index (χ0v) is 18.8. The van der Waals surface area contributed by atoms with E-state index in [0.717, 1.165) is 27.4 Å². The number of carbonyl (C=O) groups is 3. The lowest BCUT2D eigenvalue weighted by Gasteiger charge is -2.17. The van der Waals surface area contributed by atoms with Crippen LogP contribution < -0.4 is 15.4 Å². The van der Waals surface area contributed by atoms with Crippen LogP contribution in [0.25, 0.3) is 5.65 Å². The van der Waals surface area contributed by atoms with E-state index in [1.807, 2.05) is 0 Å². The van der Waals surface area contributed by atoms with Gasteiger partial charge in [-0.05, 0) is 35.4 Å². The van der Waals surface area contributed by atoms with Crippen molar-refractivity contribution >= 4 is 23.2 Å². The fourth-order valence-electron chi connectivity index (χ4n) is 3.82. The normalized spacial score (nSPS) is 12.6. The van der Waals surface area contributed by atoms with Crippen molar-refractivity contribution in [2.75, 3.05) is 6.61 Å². The highest BCUT2D eigenvalue weighted by Gasteiger charge is 2.21. The van der Waals surface area contributed by atoms with E-state index < -0.39 is 17.6 Å². The Morgan fingerprint density at radius 2 is 1.75 bits per heavy atom. The topological polar surface area (TPSA) is 135 Å². The summed E-state index contributed by atoms with van der Waals surface area (Å²) in [5.74, 6) is -1.28. The second-order valence-corrected chi connectivity index (χ2v) is 8.23. The lowest BCUT2D eigenvalue weighted by molar-refractivity contribution is -0.121. The smallest absolute Gasteiger partial charge is 0.270 e. The van der Waals surface area contributed by atoms with Gasteiger partial charge in [0.15, 0.2) is 17.2 Å². The third-order valence-corrected chi connectivity index (χ3v) is 5.64. The Hall–Kier alpha value is -4.80. The van der Waals surface area contributed by atoms with Crippen LogP contribution in [0.3, 0.4) is 0 Å². The minimum absolute atomic E-state index is 0.0276. The number of nitrogens with zero attached hydrogens (tertiary/aromatic N) is 3. The van der Waals surface area contributed by atoms with Gasteiger partial charge in [0.1, 0.15) is 29.5 Å². The summed E-state index contributed by atoms with van der Waals surface area (Å²) >= 11 is 0. The Morgan fingerprint density at radius 1 is 1.03 bits per heavy atom. The van der Waals surface area contributed by atoms with Crippen molar-refractivity contribution in [2.24, 2.45) is 0 Å². The molecule has 0 saturated heterocycles. The minimum atomic E-state index is -0.781. The fourth-order valence-corrected chi connectivity index (χ4v) is 3.82. The van der Waals surface area contributed by atoms with E-state index in [1.165, 1.54) is 18.2 Å². The molecule has 0 radical (unpaired) electrons. The first-order chi connectivity index (χ1) is 17.4. The van der Waals surface area contributed by atoms with E-state index in [0.29, 0.717) is 5.75 Å². The van der Waals surface area contributed by atoms with Crippen molar-refractivity contribution in [3.8, 4) is 11.5 Å². The Balaban J connectivity index is 1.34. The van der Waals surface area contributed by atoms with Gasteiger partial charge in [-0.3, -0.25) is 14.4 Å². The van der Waals surface area contributed by atoms with Gasteiger partial charge in [0.25, 0.3) is 11.8 Å². The zero-order valence-electron chi connectivity index (χ0n) is 18.8. The van der Waals surface area contributed by atoms with E-state index in [9.17, 15) is 23.9 Å². The van der Waals surface area contributed by atoms with Gasteiger partial charge in [0, 0.05) is 31.1 Å². The number of aromatic nitrogens is 3. The highest BCUT2D eigenvalue weighted by molar-refractivity contribution is 5.98. The van der Waals surface area contributed by atoms with Crippen LogP contribution in [-0.2, 0) is 24.3 Å². The predicted molar refractivity (Wildman–Crippen MR) is 124 cm³/mol. The molecule has 0 spiro atoms. The monoisotopic (exact) mass is 489 g/mol. The summed E-state index contributed by atoms with van der Waals surface area (Å²) in [7, 11) is 0. The molecule has 0 bridgehead atoms. The quantitative estimate of drug-likeness (QED) is 0.377. The summed E-state index contributed by atoms with van der Waals surface area (Å²) in [5.41, 5.74) is 1.72. The maximum Gasteiger partial charge on any atom is 0.270 e. The number of benzene rings is 2. The Bertz CT molecular complexity index is 1500. The number of ether oxygens (including phenoxy) is 1. The number of amides is 2. The molecule has 5 rings (SSSR count). The average Bonchev–Trinajstić information content (AvgIpc) is 3.26. The fraction of sp³-hybridized carbons (Fsp3) is 0.160. The van der Waals surface area contributed by atoms with Gasteiger partial charge in [-0.1, -0.05) is 18.2 Å². The Labute approximate surface area is 203 Å². The number of rotatable bonds is 6. The van der Waals surface area contributed by atoms with Crippen LogP contribution in [0, 0.1) is 5.82 Å². The van der Waals surface area contributed by atoms with Crippen LogP contribution in [0.4, 0.5) is 4.39 Å². The molecule has 0 atom stereocenters. The number of hydrogen-bond acceptors (Lipinski definition) is 7. The maximum atomic E-state index is 14.3. The number of nitrogens with one attached hydrogen (secondary N) is 2. The molecule has 1 aliphatic heterocycles. The van der Waals surface area contributed by atoms with Crippen molar-refractivity contribution < 1.29 is 28.6 Å². The minimum Gasteiger partial charge on any atom is -0.508 e. The van der Waals surface area contributed by atoms with E-state index in [1.54, 1.807) is 30.3 Å². The number of fused-ring (bicyclic) bond motifs is 2. The zero-order chi connectivity index (χ0) is 25.2. The number of carbonyl (C=O) groups excluding carboxylic acids is 3. The SMILES string of the molecule is O=C1COc2ccc(CNC(=O)c3cc(C(=O)NCc4ccc(O)cc4)n4ncc(F)c4n3)cc2C1. The van der Waals surface area contributed by atoms with Crippen molar-refractivity contribution in [1.82, 2.24) is 25.2 Å². The standard InChI is InChI=1S/C25H20FN5O5/c26-19-12-29-31-21(25(35)28-10-14-1-4-17(32)5-2-14)9-20(30-23(19)31)24(34)27-11-15-3-6-22-16(7-15)8-18(33)13-36-22/h1-7,9,12,32H,8,10-11,13H2,(H,27,34)(H,28,35). The van der Waals surface area contributed by atoms with Crippen LogP contribution in [0.1, 0.15) is 37.7 Å². The molecule has 0 unspecified atom stereocenters. The Kier molecular flexibility index (Phi) is 6.03. The number of phenols is 1. The summed E-state index contributed by atoms with van der Waals surface area (Å²) in [6.07, 6.45) is 1.18. The predicted octanol–water partition coefficient (Wildman–Crippen LogP) is 1.94. The van der Waals surface area contributed by atoms with Crippen molar-refractivity contribution in [2.45, 2.75) is 19.5 Å². The first-order valence-corrected chi connectivity index (χ1v) is 11.0. The van der Waals surface area contributed by atoms with Crippen molar-refractivity contribution in [3.63, 3.8) is 0 Å². The molecule has 2 aromatic heterocycles. The molecule has 0 fully saturated rings. The number of phenolic OH excluding ortho intramolecular Hbond substituents is 1. The lowest BCUT2D eigenvalue weighted by Crippen LogP contribution is -2.28. The number of ketones is 1. The van der Waals surface area contributed by atoms with Gasteiger partial charge < -0.3 is 20.5 Å². The highest BCUT2D eigenvalue weighted by Crippen LogP contribution is 2.24. The van der Waals surface area contributed by atoms with E-state index >= 15 is 0 Å². The molecule has 2 aromatic carbocycles. The van der Waals surface area contributed by atoms with Gasteiger partial charge in [-0.15, -0.1) is 0 Å². The third-order valence-electron chi connectivity index (χ3n) is 5.64. The van der Waals surface area contributed by atoms with Gasteiger partial charge in [0.2, 0.25) is 0 Å². The number of halogens is 1. The van der Waals surface area contributed by atoms with Crippen LogP contribution in [0.2, 0.25) is 0 Å². The third kappa shape index (κ3) is 4.71. The van der Waals surface area contributed by atoms with Gasteiger partial charge in [0.05, 0.1) is 6.20 Å². The molecule has 4 aromatic rings. The second kappa shape index (κ2) is 9.45. The molecular formula is C25H20FN5O5. The number of Topliss-reactive ketones (excluding diaryl/α,β-unsaturated/α-hetero) is 1. The molecule has 0 aliphatic carbocycles. The summed E-state index contributed by atoms with van der Waals surface area (Å²) in [6, 6.07) is 12.8. The molecule has 3 N–H and O–H groups in total. The van der Waals surface area contributed by atoms with Gasteiger partial charge in [-0.25, -0.2) is 13.9 Å². The molecule has 3 heterocycles.